The molecule has 0 unspecified atom stereocenters. The monoisotopic (exact) mass is 580 g/mol. The van der Waals surface area contributed by atoms with Gasteiger partial charge in [-0.2, -0.15) is 0 Å². The molecule has 4 heterocycles. The number of anilines is 3. The van der Waals surface area contributed by atoms with Crippen LogP contribution in [0.25, 0.3) is 55.4 Å². The molecule has 5 nitrogen and oxygen atoms in total. The predicted octanol–water partition coefficient (Wildman–Crippen LogP) is 10.4. The van der Waals surface area contributed by atoms with Gasteiger partial charge in [-0.15, -0.1) is 0 Å². The van der Waals surface area contributed by atoms with E-state index in [9.17, 15) is 0 Å². The highest BCUT2D eigenvalue weighted by Gasteiger charge is 2.41. The normalized spacial score (nSPS) is 13.7. The van der Waals surface area contributed by atoms with Gasteiger partial charge in [0.05, 0.1) is 17.1 Å². The number of nitrogens with zero attached hydrogens (tertiary/aromatic N) is 4. The maximum absolute atomic E-state index is 6.84. The van der Waals surface area contributed by atoms with Gasteiger partial charge >= 0.3 is 0 Å². The molecule has 45 heavy (non-hydrogen) atoms. The van der Waals surface area contributed by atoms with Crippen molar-refractivity contribution in [1.29, 1.82) is 0 Å². The molecule has 0 fully saturated rings. The molecule has 5 heteroatoms. The van der Waals surface area contributed by atoms with Crippen molar-refractivity contribution in [2.75, 3.05) is 4.90 Å². The van der Waals surface area contributed by atoms with E-state index < -0.39 is 0 Å². The first-order valence-electron chi connectivity index (χ1n) is 15.2. The van der Waals surface area contributed by atoms with E-state index in [1.54, 1.807) is 0 Å². The third kappa shape index (κ3) is 3.77. The van der Waals surface area contributed by atoms with Crippen LogP contribution in [0.5, 0.6) is 0 Å². The van der Waals surface area contributed by atoms with Crippen molar-refractivity contribution >= 4 is 49.9 Å². The quantitative estimate of drug-likeness (QED) is 0.208. The van der Waals surface area contributed by atoms with E-state index in [-0.39, 0.29) is 5.41 Å². The first kappa shape index (κ1) is 25.7. The fourth-order valence-electron chi connectivity index (χ4n) is 7.09. The van der Waals surface area contributed by atoms with Gasteiger partial charge in [-0.25, -0.2) is 9.97 Å². The molecule has 0 amide bonds. The van der Waals surface area contributed by atoms with E-state index in [1.807, 2.05) is 60.9 Å². The second-order valence-electron chi connectivity index (χ2n) is 12.1. The highest BCUT2D eigenvalue weighted by atomic mass is 16.3. The number of furan rings is 1. The van der Waals surface area contributed by atoms with E-state index in [0.29, 0.717) is 5.82 Å². The Morgan fingerprint density at radius 2 is 1.38 bits per heavy atom. The lowest BCUT2D eigenvalue weighted by Gasteiger charge is -2.42. The minimum atomic E-state index is -0.341. The number of benzene rings is 5. The molecule has 8 aromatic rings. The Labute approximate surface area is 260 Å². The Morgan fingerprint density at radius 3 is 2.20 bits per heavy atom. The molecule has 0 saturated carbocycles. The van der Waals surface area contributed by atoms with Gasteiger partial charge in [0.25, 0.3) is 0 Å². The fourth-order valence-corrected chi connectivity index (χ4v) is 7.09. The molecule has 1 aliphatic heterocycles. The van der Waals surface area contributed by atoms with Gasteiger partial charge in [0.2, 0.25) is 0 Å². The average molecular weight is 581 g/mol. The maximum Gasteiger partial charge on any atom is 0.162 e. The number of fused-ring (bicyclic) bond motifs is 9. The van der Waals surface area contributed by atoms with E-state index in [4.69, 9.17) is 14.4 Å². The Balaban J connectivity index is 1.45. The van der Waals surface area contributed by atoms with Crippen molar-refractivity contribution in [3.05, 3.63) is 145 Å². The van der Waals surface area contributed by atoms with Gasteiger partial charge < -0.3 is 4.42 Å². The minimum absolute atomic E-state index is 0.341. The summed E-state index contributed by atoms with van der Waals surface area (Å²) in [6.07, 6.45) is 3.87. The Morgan fingerprint density at radius 1 is 0.667 bits per heavy atom. The molecule has 214 valence electrons. The molecular weight excluding hydrogens is 552 g/mol. The first-order chi connectivity index (χ1) is 22.1. The van der Waals surface area contributed by atoms with Crippen LogP contribution in [-0.4, -0.2) is 15.0 Å². The molecular formula is C40H28N4O. The second-order valence-corrected chi connectivity index (χ2v) is 12.1. The van der Waals surface area contributed by atoms with Crippen molar-refractivity contribution < 1.29 is 4.42 Å². The van der Waals surface area contributed by atoms with E-state index in [1.165, 1.54) is 11.1 Å². The topological polar surface area (TPSA) is 55.1 Å². The van der Waals surface area contributed by atoms with Crippen molar-refractivity contribution in [1.82, 2.24) is 15.0 Å². The number of hydrogen-bond acceptors (Lipinski definition) is 5. The SMILES string of the molecule is CC1(C)c2ccccc2N(c2cc(-c3ccccc3)nc(-c3ccccc3)n2)c2c1c1ccncc1c1c2oc2ccccc21. The summed E-state index contributed by atoms with van der Waals surface area (Å²) in [6.45, 7) is 4.61. The minimum Gasteiger partial charge on any atom is -0.454 e. The molecule has 0 aliphatic carbocycles. The van der Waals surface area contributed by atoms with Crippen LogP contribution >= 0.6 is 0 Å². The summed E-state index contributed by atoms with van der Waals surface area (Å²) in [4.78, 5) is 17.3. The zero-order valence-corrected chi connectivity index (χ0v) is 24.9. The first-order valence-corrected chi connectivity index (χ1v) is 15.2. The van der Waals surface area contributed by atoms with Crippen LogP contribution in [0.2, 0.25) is 0 Å². The van der Waals surface area contributed by atoms with Crippen LogP contribution in [0.3, 0.4) is 0 Å². The highest BCUT2D eigenvalue weighted by molar-refractivity contribution is 6.25. The van der Waals surface area contributed by atoms with E-state index in [2.05, 4.69) is 96.5 Å². The number of hydrogen-bond donors (Lipinski definition) is 0. The van der Waals surface area contributed by atoms with Crippen molar-refractivity contribution in [2.45, 2.75) is 19.3 Å². The fraction of sp³-hybridized carbons (Fsp3) is 0.0750. The number of para-hydroxylation sites is 2. The molecule has 0 bridgehead atoms. The third-order valence-corrected chi connectivity index (χ3v) is 9.12. The standard InChI is InChI=1S/C40H28N4O/c1-40(2)30-18-10-11-19-32(30)44(34-23-31(25-13-5-3-6-14-25)42-39(43-34)26-15-7-4-8-16-26)37-36(40)27-21-22-41-24-29(27)35-28-17-9-12-20-33(28)45-38(35)37/h3-24H,1-2H3. The van der Waals surface area contributed by atoms with Crippen molar-refractivity contribution in [2.24, 2.45) is 0 Å². The molecule has 0 atom stereocenters. The second kappa shape index (κ2) is 9.60. The predicted molar refractivity (Wildman–Crippen MR) is 182 cm³/mol. The van der Waals surface area contributed by atoms with Crippen LogP contribution in [0.15, 0.2) is 138 Å². The smallest absolute Gasteiger partial charge is 0.162 e. The highest BCUT2D eigenvalue weighted by Crippen LogP contribution is 2.57. The zero-order valence-electron chi connectivity index (χ0n) is 24.9. The summed E-state index contributed by atoms with van der Waals surface area (Å²) < 4.78 is 6.84. The van der Waals surface area contributed by atoms with Crippen LogP contribution in [0, 0.1) is 0 Å². The van der Waals surface area contributed by atoms with Gasteiger partial charge in [0.15, 0.2) is 11.4 Å². The lowest BCUT2D eigenvalue weighted by Crippen LogP contribution is -2.31. The molecule has 5 aromatic carbocycles. The summed E-state index contributed by atoms with van der Waals surface area (Å²) in [5, 5.41) is 4.38. The Hall–Kier alpha value is -5.81. The van der Waals surface area contributed by atoms with Crippen LogP contribution in [-0.2, 0) is 5.41 Å². The largest absolute Gasteiger partial charge is 0.454 e. The third-order valence-electron chi connectivity index (χ3n) is 9.12. The maximum atomic E-state index is 6.84. The molecule has 1 aliphatic rings. The summed E-state index contributed by atoms with van der Waals surface area (Å²) >= 11 is 0. The number of pyridine rings is 1. The number of rotatable bonds is 3. The Bertz CT molecular complexity index is 2350. The molecule has 0 saturated heterocycles. The van der Waals surface area contributed by atoms with E-state index in [0.717, 1.165) is 66.7 Å². The Kier molecular flexibility index (Phi) is 5.47. The molecule has 9 rings (SSSR count). The van der Waals surface area contributed by atoms with Crippen molar-refractivity contribution in [3.8, 4) is 22.6 Å². The van der Waals surface area contributed by atoms with Crippen LogP contribution < -0.4 is 4.90 Å². The summed E-state index contributed by atoms with van der Waals surface area (Å²) in [6, 6.07) is 41.7. The molecule has 0 N–H and O–H groups in total. The molecule has 0 spiro atoms. The average Bonchev–Trinajstić information content (AvgIpc) is 3.49. The summed E-state index contributed by atoms with van der Waals surface area (Å²) in [7, 11) is 0. The molecule has 0 radical (unpaired) electrons. The van der Waals surface area contributed by atoms with Crippen LogP contribution in [0.4, 0.5) is 17.2 Å². The van der Waals surface area contributed by atoms with E-state index >= 15 is 0 Å². The van der Waals surface area contributed by atoms with Gasteiger partial charge in [0, 0.05) is 51.2 Å². The lowest BCUT2D eigenvalue weighted by atomic mass is 9.71. The molecule has 3 aromatic heterocycles. The van der Waals surface area contributed by atoms with Crippen LogP contribution in [0.1, 0.15) is 25.0 Å². The number of aromatic nitrogens is 3. The summed E-state index contributed by atoms with van der Waals surface area (Å²) in [5.74, 6) is 1.45. The lowest BCUT2D eigenvalue weighted by molar-refractivity contribution is 0.628. The van der Waals surface area contributed by atoms with Gasteiger partial charge in [-0.3, -0.25) is 9.88 Å². The summed E-state index contributed by atoms with van der Waals surface area (Å²) in [5.41, 5.74) is 8.65. The zero-order chi connectivity index (χ0) is 30.1. The van der Waals surface area contributed by atoms with Gasteiger partial charge in [-0.1, -0.05) is 111 Å². The van der Waals surface area contributed by atoms with Crippen molar-refractivity contribution in [3.63, 3.8) is 0 Å². The van der Waals surface area contributed by atoms with Gasteiger partial charge in [0.1, 0.15) is 11.4 Å². The van der Waals surface area contributed by atoms with Gasteiger partial charge in [-0.05, 0) is 34.7 Å².